The Bertz CT molecular complexity index is 1210. The predicted octanol–water partition coefficient (Wildman–Crippen LogP) is 3.93. The Morgan fingerprint density at radius 2 is 2.03 bits per heavy atom. The first kappa shape index (κ1) is 22.7. The van der Waals surface area contributed by atoms with E-state index in [-0.39, 0.29) is 11.1 Å². The normalized spacial score (nSPS) is 18.0. The summed E-state index contributed by atoms with van der Waals surface area (Å²) in [7, 11) is 0. The van der Waals surface area contributed by atoms with Crippen molar-refractivity contribution in [3.63, 3.8) is 0 Å². The van der Waals surface area contributed by atoms with Crippen LogP contribution >= 0.6 is 23.1 Å². The van der Waals surface area contributed by atoms with Gasteiger partial charge >= 0.3 is 0 Å². The Labute approximate surface area is 205 Å². The fraction of sp³-hybridized carbons (Fsp3) is 0.292. The molecule has 5 heterocycles. The molecule has 0 aliphatic carbocycles. The lowest BCUT2D eigenvalue weighted by Gasteiger charge is -2.32. The van der Waals surface area contributed by atoms with Gasteiger partial charge in [-0.05, 0) is 77.7 Å². The van der Waals surface area contributed by atoms with Gasteiger partial charge in [0, 0.05) is 37.6 Å². The minimum Gasteiger partial charge on any atom is -0.341 e. The first-order valence-corrected chi connectivity index (χ1v) is 12.9. The van der Waals surface area contributed by atoms with Gasteiger partial charge in [-0.25, -0.2) is 9.97 Å². The zero-order chi connectivity index (χ0) is 23.3. The average Bonchev–Trinajstić information content (AvgIpc) is 3.50. The van der Waals surface area contributed by atoms with E-state index in [1.165, 1.54) is 11.1 Å². The van der Waals surface area contributed by atoms with Crippen molar-refractivity contribution in [3.05, 3.63) is 63.7 Å². The molecule has 0 unspecified atom stereocenters. The predicted molar refractivity (Wildman–Crippen MR) is 135 cm³/mol. The smallest absolute Gasteiger partial charge is 0.290 e. The minimum absolute atomic E-state index is 0.355. The summed E-state index contributed by atoms with van der Waals surface area (Å²) in [6.07, 6.45) is 7.28. The highest BCUT2D eigenvalue weighted by Gasteiger charge is 2.25. The van der Waals surface area contributed by atoms with Gasteiger partial charge in [0.1, 0.15) is 0 Å². The Balaban J connectivity index is 1.13. The van der Waals surface area contributed by atoms with E-state index < -0.39 is 0 Å². The molecule has 0 aromatic carbocycles. The molecule has 3 aromatic rings. The molecule has 34 heavy (non-hydrogen) atoms. The zero-order valence-electron chi connectivity index (χ0n) is 18.4. The van der Waals surface area contributed by atoms with Crippen LogP contribution in [-0.4, -0.2) is 45.7 Å². The summed E-state index contributed by atoms with van der Waals surface area (Å²) in [5.41, 5.74) is 4.11. The number of pyridine rings is 1. The van der Waals surface area contributed by atoms with Gasteiger partial charge in [-0.1, -0.05) is 6.07 Å². The van der Waals surface area contributed by atoms with Gasteiger partial charge in [-0.15, -0.1) is 0 Å². The fourth-order valence-corrected chi connectivity index (χ4v) is 5.46. The number of thiophene rings is 1. The maximum absolute atomic E-state index is 11.8. The summed E-state index contributed by atoms with van der Waals surface area (Å²) in [4.78, 5) is 39.3. The summed E-state index contributed by atoms with van der Waals surface area (Å²) < 4.78 is 0. The molecule has 10 heteroatoms. The van der Waals surface area contributed by atoms with Gasteiger partial charge in [-0.3, -0.25) is 19.9 Å². The molecule has 2 aliphatic heterocycles. The maximum Gasteiger partial charge on any atom is 0.290 e. The van der Waals surface area contributed by atoms with Crippen LogP contribution in [0.4, 0.5) is 10.7 Å². The molecular weight excluding hydrogens is 468 g/mol. The number of aromatic nitrogens is 3. The molecule has 174 valence electrons. The lowest BCUT2D eigenvalue weighted by atomic mass is 9.97. The van der Waals surface area contributed by atoms with Crippen LogP contribution in [0.15, 0.2) is 52.3 Å². The van der Waals surface area contributed by atoms with E-state index in [0.29, 0.717) is 22.5 Å². The van der Waals surface area contributed by atoms with Crippen molar-refractivity contribution in [3.8, 4) is 11.1 Å². The largest absolute Gasteiger partial charge is 0.341 e. The number of amides is 2. The summed E-state index contributed by atoms with van der Waals surface area (Å²) in [5, 5.41) is 9.76. The van der Waals surface area contributed by atoms with Crippen molar-refractivity contribution in [1.82, 2.24) is 25.6 Å². The molecule has 0 bridgehead atoms. The Morgan fingerprint density at radius 1 is 1.15 bits per heavy atom. The van der Waals surface area contributed by atoms with Crippen molar-refractivity contribution in [2.75, 3.05) is 24.5 Å². The van der Waals surface area contributed by atoms with E-state index in [0.717, 1.165) is 56.5 Å². The average molecular weight is 493 g/mol. The van der Waals surface area contributed by atoms with Crippen LogP contribution in [0, 0.1) is 5.92 Å². The molecule has 3 aromatic heterocycles. The van der Waals surface area contributed by atoms with E-state index >= 15 is 0 Å². The van der Waals surface area contributed by atoms with Crippen molar-refractivity contribution >= 4 is 46.3 Å². The number of thioether (sulfide) groups is 1. The Morgan fingerprint density at radius 3 is 2.79 bits per heavy atom. The van der Waals surface area contributed by atoms with Gasteiger partial charge < -0.3 is 10.2 Å². The number of nitrogens with zero attached hydrogens (tertiary/aromatic N) is 4. The van der Waals surface area contributed by atoms with Crippen LogP contribution in [-0.2, 0) is 11.3 Å². The standard InChI is InChI=1S/C24H24N6O2S2/c31-22-21(34-24(32)29-22)12-18-3-8-27-23(28-18)30-9-4-16(5-10-30)13-25-14-20-19(2-1-7-26-20)17-6-11-33-15-17/h1-3,6-8,11-12,15-16,25H,4-5,9-10,13-14H2,(H,29,31,32)/b21-12-. The van der Waals surface area contributed by atoms with Crippen molar-refractivity contribution < 1.29 is 9.59 Å². The second-order valence-electron chi connectivity index (χ2n) is 8.20. The van der Waals surface area contributed by atoms with Gasteiger partial charge in [-0.2, -0.15) is 11.3 Å². The summed E-state index contributed by atoms with van der Waals surface area (Å²) in [6, 6.07) is 7.99. The van der Waals surface area contributed by atoms with Crippen LogP contribution < -0.4 is 15.5 Å². The number of anilines is 1. The number of rotatable bonds is 7. The fourth-order valence-electron chi connectivity index (χ4n) is 4.14. The Hall–Kier alpha value is -3.08. The third kappa shape index (κ3) is 5.35. The highest BCUT2D eigenvalue weighted by atomic mass is 32.2. The topological polar surface area (TPSA) is 100 Å². The van der Waals surface area contributed by atoms with Crippen LogP contribution in [0.5, 0.6) is 0 Å². The molecule has 2 aliphatic rings. The van der Waals surface area contributed by atoms with E-state index in [9.17, 15) is 9.59 Å². The lowest BCUT2D eigenvalue weighted by molar-refractivity contribution is -0.115. The van der Waals surface area contributed by atoms with Gasteiger partial charge in [0.05, 0.1) is 16.3 Å². The molecule has 2 N–H and O–H groups in total. The number of nitrogens with one attached hydrogen (secondary N) is 2. The first-order chi connectivity index (χ1) is 16.7. The number of hydrogen-bond donors (Lipinski definition) is 2. The SMILES string of the molecule is O=C1NC(=O)/C(=C/c2ccnc(N3CCC(CNCc4ncccc4-c4ccsc4)CC3)n2)S1. The lowest BCUT2D eigenvalue weighted by Crippen LogP contribution is -2.38. The van der Waals surface area contributed by atoms with E-state index in [2.05, 4.69) is 53.4 Å². The molecular formula is C24H24N6O2S2. The van der Waals surface area contributed by atoms with Gasteiger partial charge in [0.2, 0.25) is 5.95 Å². The molecule has 8 nitrogen and oxygen atoms in total. The molecule has 5 rings (SSSR count). The third-order valence-electron chi connectivity index (χ3n) is 5.93. The van der Waals surface area contributed by atoms with Crippen molar-refractivity contribution in [2.45, 2.75) is 19.4 Å². The number of piperidine rings is 1. The summed E-state index contributed by atoms with van der Waals surface area (Å²) >= 11 is 2.59. The van der Waals surface area contributed by atoms with Crippen molar-refractivity contribution in [2.24, 2.45) is 5.92 Å². The van der Waals surface area contributed by atoms with Crippen molar-refractivity contribution in [1.29, 1.82) is 0 Å². The Kier molecular flexibility index (Phi) is 6.98. The number of carbonyl (C=O) groups is 2. The monoisotopic (exact) mass is 492 g/mol. The van der Waals surface area contributed by atoms with Crippen LogP contribution in [0.1, 0.15) is 24.2 Å². The number of hydrogen-bond acceptors (Lipinski definition) is 9. The van der Waals surface area contributed by atoms with E-state index in [1.807, 2.05) is 12.3 Å². The number of carbonyl (C=O) groups excluding carboxylic acids is 2. The minimum atomic E-state index is -0.378. The summed E-state index contributed by atoms with van der Waals surface area (Å²) in [5.74, 6) is 0.862. The van der Waals surface area contributed by atoms with Crippen LogP contribution in [0.2, 0.25) is 0 Å². The second-order valence-corrected chi connectivity index (χ2v) is 10.00. The maximum atomic E-state index is 11.8. The van der Waals surface area contributed by atoms with Gasteiger partial charge in [0.25, 0.3) is 11.1 Å². The molecule has 0 saturated carbocycles. The molecule has 0 radical (unpaired) electrons. The summed E-state index contributed by atoms with van der Waals surface area (Å²) in [6.45, 7) is 3.45. The molecule has 0 spiro atoms. The second kappa shape index (κ2) is 10.5. The highest BCUT2D eigenvalue weighted by molar-refractivity contribution is 8.18. The third-order valence-corrected chi connectivity index (χ3v) is 7.42. The van der Waals surface area contributed by atoms with E-state index in [4.69, 9.17) is 0 Å². The highest BCUT2D eigenvalue weighted by Crippen LogP contribution is 2.27. The molecule has 2 saturated heterocycles. The van der Waals surface area contributed by atoms with Crippen LogP contribution in [0.25, 0.3) is 17.2 Å². The molecule has 0 atom stereocenters. The molecule has 2 fully saturated rings. The van der Waals surface area contributed by atoms with E-state index in [1.54, 1.807) is 29.7 Å². The number of imide groups is 1. The quantitative estimate of drug-likeness (QED) is 0.479. The zero-order valence-corrected chi connectivity index (χ0v) is 20.1. The molecule has 2 amide bonds. The van der Waals surface area contributed by atoms with Gasteiger partial charge in [0.15, 0.2) is 0 Å². The first-order valence-electron chi connectivity index (χ1n) is 11.2. The van der Waals surface area contributed by atoms with Crippen LogP contribution in [0.3, 0.4) is 0 Å².